The van der Waals surface area contributed by atoms with Crippen LogP contribution in [0.3, 0.4) is 0 Å². The van der Waals surface area contributed by atoms with E-state index in [4.69, 9.17) is 5.11 Å². The maximum Gasteiger partial charge on any atom is 0.0582 e. The van der Waals surface area contributed by atoms with Crippen molar-refractivity contribution in [3.8, 4) is 0 Å². The molecule has 0 heterocycles. The Kier molecular flexibility index (Phi) is 5.29. The van der Waals surface area contributed by atoms with Crippen LogP contribution in [0.1, 0.15) is 31.9 Å². The molecule has 2 atom stereocenters. The van der Waals surface area contributed by atoms with Crippen LogP contribution in [0.2, 0.25) is 0 Å². The molecule has 0 aliphatic rings. The van der Waals surface area contributed by atoms with E-state index in [2.05, 4.69) is 40.3 Å². The Balaban J connectivity index is 2.73. The molecule has 0 saturated carbocycles. The zero-order valence-corrected chi connectivity index (χ0v) is 10.8. The van der Waals surface area contributed by atoms with Gasteiger partial charge < -0.3 is 10.4 Å². The van der Waals surface area contributed by atoms with Gasteiger partial charge in [-0.05, 0) is 31.0 Å². The fourth-order valence-electron chi connectivity index (χ4n) is 1.57. The van der Waals surface area contributed by atoms with Gasteiger partial charge in [0.05, 0.1) is 6.61 Å². The standard InChI is InChI=1S/C12H18BrNO/c1-3-12(14-9(2)8-15)10-5-4-6-11(13)7-10/h4-7,9,12,14-15H,3,8H2,1-2H3/t9-,12-/m0/s1. The summed E-state index contributed by atoms with van der Waals surface area (Å²) in [7, 11) is 0. The average Bonchev–Trinajstić information content (AvgIpc) is 2.25. The van der Waals surface area contributed by atoms with Crippen LogP contribution in [-0.4, -0.2) is 17.8 Å². The van der Waals surface area contributed by atoms with E-state index in [1.54, 1.807) is 0 Å². The van der Waals surface area contributed by atoms with Crippen LogP contribution in [0.15, 0.2) is 28.7 Å². The van der Waals surface area contributed by atoms with Gasteiger partial charge in [-0.3, -0.25) is 0 Å². The second-order valence-corrected chi connectivity index (χ2v) is 4.68. The van der Waals surface area contributed by atoms with Crippen LogP contribution < -0.4 is 5.32 Å². The van der Waals surface area contributed by atoms with Crippen LogP contribution in [-0.2, 0) is 0 Å². The van der Waals surface area contributed by atoms with Crippen LogP contribution >= 0.6 is 15.9 Å². The van der Waals surface area contributed by atoms with E-state index in [0.29, 0.717) is 6.04 Å². The van der Waals surface area contributed by atoms with E-state index >= 15 is 0 Å². The molecule has 0 saturated heterocycles. The lowest BCUT2D eigenvalue weighted by Gasteiger charge is -2.21. The van der Waals surface area contributed by atoms with Crippen molar-refractivity contribution in [2.75, 3.05) is 6.61 Å². The number of hydrogen-bond donors (Lipinski definition) is 2. The zero-order chi connectivity index (χ0) is 11.3. The van der Waals surface area contributed by atoms with Gasteiger partial charge in [-0.15, -0.1) is 0 Å². The lowest BCUT2D eigenvalue weighted by Crippen LogP contribution is -2.32. The molecular weight excluding hydrogens is 254 g/mol. The van der Waals surface area contributed by atoms with Crippen molar-refractivity contribution in [3.05, 3.63) is 34.3 Å². The molecule has 1 aromatic rings. The molecule has 0 fully saturated rings. The first kappa shape index (κ1) is 12.7. The first-order valence-electron chi connectivity index (χ1n) is 5.29. The Morgan fingerprint density at radius 1 is 1.47 bits per heavy atom. The number of halogens is 1. The highest BCUT2D eigenvalue weighted by atomic mass is 79.9. The van der Waals surface area contributed by atoms with Crippen molar-refractivity contribution in [3.63, 3.8) is 0 Å². The first-order valence-corrected chi connectivity index (χ1v) is 6.09. The lowest BCUT2D eigenvalue weighted by atomic mass is 10.0. The van der Waals surface area contributed by atoms with Gasteiger partial charge in [0.1, 0.15) is 0 Å². The molecule has 0 aromatic heterocycles. The van der Waals surface area contributed by atoms with Gasteiger partial charge in [0, 0.05) is 16.6 Å². The Morgan fingerprint density at radius 2 is 2.20 bits per heavy atom. The van der Waals surface area contributed by atoms with Crippen LogP contribution in [0, 0.1) is 0 Å². The van der Waals surface area contributed by atoms with Crippen LogP contribution in [0.25, 0.3) is 0 Å². The second kappa shape index (κ2) is 6.26. The predicted molar refractivity (Wildman–Crippen MR) is 66.9 cm³/mol. The highest BCUT2D eigenvalue weighted by Crippen LogP contribution is 2.20. The largest absolute Gasteiger partial charge is 0.395 e. The van der Waals surface area contributed by atoms with Crippen LogP contribution in [0.4, 0.5) is 0 Å². The minimum absolute atomic E-state index is 0.133. The molecule has 15 heavy (non-hydrogen) atoms. The van der Waals surface area contributed by atoms with Crippen molar-refractivity contribution >= 4 is 15.9 Å². The summed E-state index contributed by atoms with van der Waals surface area (Å²) in [5.41, 5.74) is 1.26. The van der Waals surface area contributed by atoms with E-state index in [9.17, 15) is 0 Å². The highest BCUT2D eigenvalue weighted by Gasteiger charge is 2.11. The van der Waals surface area contributed by atoms with Crippen molar-refractivity contribution < 1.29 is 5.11 Å². The third-order valence-corrected chi connectivity index (χ3v) is 2.91. The number of hydrogen-bond acceptors (Lipinski definition) is 2. The third-order valence-electron chi connectivity index (χ3n) is 2.42. The maximum atomic E-state index is 9.01. The zero-order valence-electron chi connectivity index (χ0n) is 9.20. The fourth-order valence-corrected chi connectivity index (χ4v) is 1.99. The summed E-state index contributed by atoms with van der Waals surface area (Å²) in [4.78, 5) is 0. The number of rotatable bonds is 5. The summed E-state index contributed by atoms with van der Waals surface area (Å²) in [6.07, 6.45) is 1.01. The SMILES string of the molecule is CC[C@H](N[C@@H](C)CO)c1cccc(Br)c1. The molecule has 2 nitrogen and oxygen atoms in total. The van der Waals surface area contributed by atoms with Gasteiger partial charge in [0.15, 0.2) is 0 Å². The Hall–Kier alpha value is -0.380. The molecule has 84 valence electrons. The van der Waals surface area contributed by atoms with E-state index in [1.165, 1.54) is 5.56 Å². The minimum atomic E-state index is 0.133. The number of nitrogens with one attached hydrogen (secondary N) is 1. The lowest BCUT2D eigenvalue weighted by molar-refractivity contribution is 0.239. The van der Waals surface area contributed by atoms with Gasteiger partial charge in [0.2, 0.25) is 0 Å². The monoisotopic (exact) mass is 271 g/mol. The van der Waals surface area contributed by atoms with Gasteiger partial charge in [-0.1, -0.05) is 35.0 Å². The van der Waals surface area contributed by atoms with Crippen molar-refractivity contribution in [2.24, 2.45) is 0 Å². The molecule has 0 aliphatic heterocycles. The van der Waals surface area contributed by atoms with Gasteiger partial charge in [0.25, 0.3) is 0 Å². The quantitative estimate of drug-likeness (QED) is 0.863. The third kappa shape index (κ3) is 3.93. The molecule has 0 spiro atoms. The Labute approximate surface area is 99.8 Å². The molecule has 0 amide bonds. The molecule has 2 N–H and O–H groups in total. The summed E-state index contributed by atoms with van der Waals surface area (Å²) in [6, 6.07) is 8.72. The van der Waals surface area contributed by atoms with E-state index in [1.807, 2.05) is 19.1 Å². The highest BCUT2D eigenvalue weighted by molar-refractivity contribution is 9.10. The average molecular weight is 272 g/mol. The van der Waals surface area contributed by atoms with Crippen molar-refractivity contribution in [1.29, 1.82) is 0 Å². The van der Waals surface area contributed by atoms with E-state index in [0.717, 1.165) is 10.9 Å². The maximum absolute atomic E-state index is 9.01. The smallest absolute Gasteiger partial charge is 0.0582 e. The molecule has 0 radical (unpaired) electrons. The summed E-state index contributed by atoms with van der Waals surface area (Å²) in [5.74, 6) is 0. The summed E-state index contributed by atoms with van der Waals surface area (Å²) in [5, 5.41) is 12.4. The van der Waals surface area contributed by atoms with Gasteiger partial charge >= 0.3 is 0 Å². The molecule has 1 aromatic carbocycles. The van der Waals surface area contributed by atoms with E-state index < -0.39 is 0 Å². The Morgan fingerprint density at radius 3 is 2.73 bits per heavy atom. The van der Waals surface area contributed by atoms with Gasteiger partial charge in [-0.25, -0.2) is 0 Å². The Bertz CT molecular complexity index is 303. The van der Waals surface area contributed by atoms with Crippen molar-refractivity contribution in [1.82, 2.24) is 5.32 Å². The molecule has 0 unspecified atom stereocenters. The molecule has 0 bridgehead atoms. The number of benzene rings is 1. The normalized spacial score (nSPS) is 14.9. The molecule has 3 heteroatoms. The minimum Gasteiger partial charge on any atom is -0.395 e. The first-order chi connectivity index (χ1) is 7.17. The van der Waals surface area contributed by atoms with E-state index in [-0.39, 0.29) is 12.6 Å². The van der Waals surface area contributed by atoms with Gasteiger partial charge in [-0.2, -0.15) is 0 Å². The topological polar surface area (TPSA) is 32.3 Å². The number of aliphatic hydroxyl groups excluding tert-OH is 1. The summed E-state index contributed by atoms with van der Waals surface area (Å²) < 4.78 is 1.09. The predicted octanol–water partition coefficient (Wildman–Crippen LogP) is 2.87. The van der Waals surface area contributed by atoms with Crippen molar-refractivity contribution in [2.45, 2.75) is 32.4 Å². The molecule has 0 aliphatic carbocycles. The summed E-state index contributed by atoms with van der Waals surface area (Å²) >= 11 is 3.47. The number of aliphatic hydroxyl groups is 1. The second-order valence-electron chi connectivity index (χ2n) is 3.77. The summed E-state index contributed by atoms with van der Waals surface area (Å²) in [6.45, 7) is 4.30. The molecular formula is C12H18BrNO. The fraction of sp³-hybridized carbons (Fsp3) is 0.500. The molecule has 1 rings (SSSR count). The van der Waals surface area contributed by atoms with Crippen LogP contribution in [0.5, 0.6) is 0 Å².